The first-order valence-electron chi connectivity index (χ1n) is 4.75. The maximum atomic E-state index is 6.14. The highest BCUT2D eigenvalue weighted by atomic mass is 15.1. The van der Waals surface area contributed by atoms with Gasteiger partial charge in [-0.3, -0.25) is 0 Å². The van der Waals surface area contributed by atoms with Gasteiger partial charge in [0.1, 0.15) is 5.82 Å². The van der Waals surface area contributed by atoms with Crippen molar-refractivity contribution < 1.29 is 0 Å². The summed E-state index contributed by atoms with van der Waals surface area (Å²) in [6.07, 6.45) is 4.98. The first-order valence-corrected chi connectivity index (χ1v) is 4.75. The molecule has 1 aromatic rings. The van der Waals surface area contributed by atoms with Crippen molar-refractivity contribution in [3.05, 3.63) is 18.2 Å². The zero-order chi connectivity index (χ0) is 9.64. The van der Waals surface area contributed by atoms with Gasteiger partial charge in [-0.25, -0.2) is 4.98 Å². The highest BCUT2D eigenvalue weighted by molar-refractivity contribution is 5.09. The summed E-state index contributed by atoms with van der Waals surface area (Å²) in [7, 11) is 2.00. The summed E-state index contributed by atoms with van der Waals surface area (Å²) in [4.78, 5) is 4.28. The maximum absolute atomic E-state index is 6.14. The summed E-state index contributed by atoms with van der Waals surface area (Å²) in [6, 6.07) is 0.106. The van der Waals surface area contributed by atoms with E-state index in [1.54, 1.807) is 0 Å². The Labute approximate surface area is 79.0 Å². The van der Waals surface area contributed by atoms with Crippen LogP contribution in [0.5, 0.6) is 0 Å². The smallest absolute Gasteiger partial charge is 0.125 e. The lowest BCUT2D eigenvalue weighted by Gasteiger charge is -2.12. The van der Waals surface area contributed by atoms with Gasteiger partial charge < -0.3 is 10.3 Å². The second-order valence-electron chi connectivity index (χ2n) is 4.72. The van der Waals surface area contributed by atoms with Crippen LogP contribution in [0, 0.1) is 11.3 Å². The monoisotopic (exact) mass is 179 g/mol. The molecule has 1 aromatic heterocycles. The second-order valence-corrected chi connectivity index (χ2v) is 4.72. The average molecular weight is 179 g/mol. The molecule has 3 heteroatoms. The van der Waals surface area contributed by atoms with Gasteiger partial charge >= 0.3 is 0 Å². The van der Waals surface area contributed by atoms with Crippen molar-refractivity contribution in [2.24, 2.45) is 24.1 Å². The number of aryl methyl sites for hydroxylation is 1. The van der Waals surface area contributed by atoms with E-state index in [-0.39, 0.29) is 6.04 Å². The number of nitrogens with two attached hydrogens (primary N) is 1. The van der Waals surface area contributed by atoms with Crippen LogP contribution in [0.4, 0.5) is 0 Å². The quantitative estimate of drug-likeness (QED) is 0.747. The minimum absolute atomic E-state index is 0.106. The van der Waals surface area contributed by atoms with Crippen LogP contribution < -0.4 is 5.73 Å². The van der Waals surface area contributed by atoms with Gasteiger partial charge in [0.05, 0.1) is 6.04 Å². The third-order valence-electron chi connectivity index (χ3n) is 3.18. The fourth-order valence-electron chi connectivity index (χ4n) is 2.00. The molecule has 13 heavy (non-hydrogen) atoms. The van der Waals surface area contributed by atoms with Crippen LogP contribution in [0.2, 0.25) is 0 Å². The van der Waals surface area contributed by atoms with E-state index >= 15 is 0 Å². The number of aromatic nitrogens is 2. The summed E-state index contributed by atoms with van der Waals surface area (Å²) in [5.74, 6) is 1.61. The molecule has 1 aliphatic rings. The van der Waals surface area contributed by atoms with E-state index in [4.69, 9.17) is 5.73 Å². The molecule has 2 atom stereocenters. The molecule has 0 saturated heterocycles. The van der Waals surface area contributed by atoms with Crippen molar-refractivity contribution in [1.29, 1.82) is 0 Å². The number of hydrogen-bond donors (Lipinski definition) is 1. The Kier molecular flexibility index (Phi) is 1.74. The minimum atomic E-state index is 0.106. The highest BCUT2D eigenvalue weighted by Gasteiger charge is 2.50. The van der Waals surface area contributed by atoms with Gasteiger partial charge in [-0.05, 0) is 17.8 Å². The predicted molar refractivity (Wildman–Crippen MR) is 52.0 cm³/mol. The Morgan fingerprint density at radius 2 is 2.31 bits per heavy atom. The van der Waals surface area contributed by atoms with Crippen LogP contribution in [-0.2, 0) is 7.05 Å². The Hall–Kier alpha value is -0.830. The van der Waals surface area contributed by atoms with E-state index in [9.17, 15) is 0 Å². The van der Waals surface area contributed by atoms with Crippen LogP contribution in [-0.4, -0.2) is 9.55 Å². The summed E-state index contributed by atoms with van der Waals surface area (Å²) in [6.45, 7) is 4.53. The Bertz CT molecular complexity index is 314. The normalized spacial score (nSPS) is 27.2. The van der Waals surface area contributed by atoms with E-state index in [2.05, 4.69) is 18.8 Å². The second kappa shape index (κ2) is 2.58. The van der Waals surface area contributed by atoms with Crippen LogP contribution in [0.1, 0.15) is 32.1 Å². The molecule has 0 spiro atoms. The molecule has 2 rings (SSSR count). The molecule has 1 heterocycles. The number of nitrogens with zero attached hydrogens (tertiary/aromatic N) is 2. The van der Waals surface area contributed by atoms with Gasteiger partial charge in [0, 0.05) is 19.4 Å². The van der Waals surface area contributed by atoms with Gasteiger partial charge in [0.2, 0.25) is 0 Å². The predicted octanol–water partition coefficient (Wildman–Crippen LogP) is 1.47. The fraction of sp³-hybridized carbons (Fsp3) is 0.700. The molecular weight excluding hydrogens is 162 g/mol. The molecule has 72 valence electrons. The first kappa shape index (κ1) is 8.75. The zero-order valence-electron chi connectivity index (χ0n) is 8.49. The largest absolute Gasteiger partial charge is 0.337 e. The molecular formula is C10H17N3. The lowest BCUT2D eigenvalue weighted by atomic mass is 10.0. The third kappa shape index (κ3) is 1.37. The van der Waals surface area contributed by atoms with E-state index in [0.717, 1.165) is 5.82 Å². The molecule has 3 nitrogen and oxygen atoms in total. The molecule has 1 saturated carbocycles. The lowest BCUT2D eigenvalue weighted by molar-refractivity contribution is 0.467. The van der Waals surface area contributed by atoms with E-state index in [1.807, 2.05) is 24.0 Å². The van der Waals surface area contributed by atoms with Crippen LogP contribution >= 0.6 is 0 Å². The summed E-state index contributed by atoms with van der Waals surface area (Å²) >= 11 is 0. The molecule has 0 radical (unpaired) electrons. The SMILES string of the molecule is Cn1ccnc1C(N)C1CC1(C)C. The fourth-order valence-corrected chi connectivity index (χ4v) is 2.00. The molecule has 0 aromatic carbocycles. The summed E-state index contributed by atoms with van der Waals surface area (Å²) < 4.78 is 2.01. The third-order valence-corrected chi connectivity index (χ3v) is 3.18. The molecule has 1 aliphatic carbocycles. The first-order chi connectivity index (χ1) is 6.02. The van der Waals surface area contributed by atoms with Gasteiger partial charge in [-0.2, -0.15) is 0 Å². The molecule has 0 aliphatic heterocycles. The Morgan fingerprint density at radius 3 is 2.69 bits per heavy atom. The molecule has 1 fully saturated rings. The summed E-state index contributed by atoms with van der Waals surface area (Å²) in [5.41, 5.74) is 6.56. The van der Waals surface area contributed by atoms with Crippen LogP contribution in [0.3, 0.4) is 0 Å². The van der Waals surface area contributed by atoms with Crippen molar-refractivity contribution in [2.75, 3.05) is 0 Å². The number of rotatable bonds is 2. The maximum Gasteiger partial charge on any atom is 0.125 e. The van der Waals surface area contributed by atoms with Crippen molar-refractivity contribution >= 4 is 0 Å². The van der Waals surface area contributed by atoms with Gasteiger partial charge in [0.25, 0.3) is 0 Å². The van der Waals surface area contributed by atoms with E-state index < -0.39 is 0 Å². The van der Waals surface area contributed by atoms with Crippen LogP contribution in [0.15, 0.2) is 12.4 Å². The molecule has 2 N–H and O–H groups in total. The zero-order valence-corrected chi connectivity index (χ0v) is 8.49. The standard InChI is InChI=1S/C10H17N3/c1-10(2)6-7(10)8(11)9-12-4-5-13(9)3/h4-5,7-8H,6,11H2,1-3H3. The van der Waals surface area contributed by atoms with E-state index in [0.29, 0.717) is 11.3 Å². The van der Waals surface area contributed by atoms with Crippen molar-refractivity contribution in [2.45, 2.75) is 26.3 Å². The highest BCUT2D eigenvalue weighted by Crippen LogP contribution is 2.56. The number of hydrogen-bond acceptors (Lipinski definition) is 2. The van der Waals surface area contributed by atoms with Crippen LogP contribution in [0.25, 0.3) is 0 Å². The Balaban J connectivity index is 2.15. The van der Waals surface area contributed by atoms with Crippen molar-refractivity contribution in [1.82, 2.24) is 9.55 Å². The van der Waals surface area contributed by atoms with Crippen molar-refractivity contribution in [3.8, 4) is 0 Å². The van der Waals surface area contributed by atoms with Crippen molar-refractivity contribution in [3.63, 3.8) is 0 Å². The minimum Gasteiger partial charge on any atom is -0.337 e. The van der Waals surface area contributed by atoms with E-state index in [1.165, 1.54) is 6.42 Å². The summed E-state index contributed by atoms with van der Waals surface area (Å²) in [5, 5.41) is 0. The average Bonchev–Trinajstić information content (AvgIpc) is 2.49. The van der Waals surface area contributed by atoms with Gasteiger partial charge in [0.15, 0.2) is 0 Å². The topological polar surface area (TPSA) is 43.8 Å². The molecule has 2 unspecified atom stereocenters. The van der Waals surface area contributed by atoms with Gasteiger partial charge in [-0.15, -0.1) is 0 Å². The Morgan fingerprint density at radius 1 is 1.69 bits per heavy atom. The molecule has 0 bridgehead atoms. The van der Waals surface area contributed by atoms with Gasteiger partial charge in [-0.1, -0.05) is 13.8 Å². The molecule has 0 amide bonds. The number of imidazole rings is 1. The lowest BCUT2D eigenvalue weighted by Crippen LogP contribution is -2.19.